The lowest BCUT2D eigenvalue weighted by atomic mass is 10.00. The van der Waals surface area contributed by atoms with E-state index in [2.05, 4.69) is 33.8 Å². The first kappa shape index (κ1) is 16.9. The quantitative estimate of drug-likeness (QED) is 0.681. The molecular formula is C19H30N4O. The third-order valence-electron chi connectivity index (χ3n) is 5.33. The number of nitrogens with two attached hydrogens (primary N) is 1. The number of nitrogens with zero attached hydrogens (tertiary/aromatic N) is 3. The van der Waals surface area contributed by atoms with E-state index >= 15 is 0 Å². The number of rotatable bonds is 4. The molecule has 5 heteroatoms. The van der Waals surface area contributed by atoms with Crippen LogP contribution in [-0.4, -0.2) is 50.7 Å². The molecular weight excluding hydrogens is 300 g/mol. The second-order valence-corrected chi connectivity index (χ2v) is 7.14. The number of likely N-dealkylation sites (tertiary alicyclic amines) is 1. The van der Waals surface area contributed by atoms with Gasteiger partial charge in [0, 0.05) is 32.7 Å². The molecule has 24 heavy (non-hydrogen) atoms. The Balaban J connectivity index is 1.53. The van der Waals surface area contributed by atoms with Crippen LogP contribution in [0.5, 0.6) is 5.75 Å². The van der Waals surface area contributed by atoms with Gasteiger partial charge in [-0.25, -0.2) is 0 Å². The number of aliphatic imine (C=N–C) groups is 1. The van der Waals surface area contributed by atoms with E-state index in [1.165, 1.54) is 18.5 Å². The summed E-state index contributed by atoms with van der Waals surface area (Å²) in [6, 6.07) is 8.24. The van der Waals surface area contributed by atoms with Crippen LogP contribution in [0.15, 0.2) is 29.3 Å². The fourth-order valence-corrected chi connectivity index (χ4v) is 3.65. The fraction of sp³-hybridized carbons (Fsp3) is 0.632. The van der Waals surface area contributed by atoms with Gasteiger partial charge >= 0.3 is 0 Å². The Morgan fingerprint density at radius 2 is 1.96 bits per heavy atom. The van der Waals surface area contributed by atoms with E-state index in [4.69, 9.17) is 10.5 Å². The van der Waals surface area contributed by atoms with Gasteiger partial charge in [-0.2, -0.15) is 0 Å². The number of guanidine groups is 1. The second-order valence-electron chi connectivity index (χ2n) is 7.14. The maximum absolute atomic E-state index is 6.21. The first-order valence-electron chi connectivity index (χ1n) is 9.10. The van der Waals surface area contributed by atoms with Crippen LogP contribution in [0.2, 0.25) is 0 Å². The summed E-state index contributed by atoms with van der Waals surface area (Å²) in [7, 11) is 1.73. The lowest BCUT2D eigenvalue weighted by Crippen LogP contribution is -2.42. The van der Waals surface area contributed by atoms with Gasteiger partial charge in [0.05, 0.1) is 12.8 Å². The van der Waals surface area contributed by atoms with Crippen molar-refractivity contribution < 1.29 is 4.74 Å². The maximum atomic E-state index is 6.21. The zero-order valence-corrected chi connectivity index (χ0v) is 14.9. The van der Waals surface area contributed by atoms with Crippen molar-refractivity contribution in [2.75, 3.05) is 44.7 Å². The average molecular weight is 330 g/mol. The van der Waals surface area contributed by atoms with E-state index in [9.17, 15) is 0 Å². The van der Waals surface area contributed by atoms with E-state index in [1.807, 2.05) is 12.1 Å². The summed E-state index contributed by atoms with van der Waals surface area (Å²) in [5.74, 6) is 3.07. The van der Waals surface area contributed by atoms with Gasteiger partial charge in [0.25, 0.3) is 0 Å². The topological polar surface area (TPSA) is 54.1 Å². The standard InChI is InChI=1S/C19H30N4O/c1-15-7-10-22(11-8-15)19(20)21-13-16-9-12-23(14-16)17-5-3-4-6-18(17)24-2/h3-6,15-16H,7-14H2,1-2H3,(H2,20,21). The average Bonchev–Trinajstić information content (AvgIpc) is 3.09. The fourth-order valence-electron chi connectivity index (χ4n) is 3.65. The van der Waals surface area contributed by atoms with E-state index in [0.29, 0.717) is 5.92 Å². The molecule has 0 bridgehead atoms. The number of benzene rings is 1. The molecule has 0 saturated carbocycles. The van der Waals surface area contributed by atoms with Crippen LogP contribution in [-0.2, 0) is 0 Å². The summed E-state index contributed by atoms with van der Waals surface area (Å²) in [6.45, 7) is 7.32. The Hall–Kier alpha value is -1.91. The minimum absolute atomic E-state index is 0.567. The first-order chi connectivity index (χ1) is 11.7. The van der Waals surface area contributed by atoms with Crippen LogP contribution in [0, 0.1) is 11.8 Å². The predicted octanol–water partition coefficient (Wildman–Crippen LogP) is 2.57. The van der Waals surface area contributed by atoms with Gasteiger partial charge in [0.15, 0.2) is 5.96 Å². The maximum Gasteiger partial charge on any atom is 0.191 e. The van der Waals surface area contributed by atoms with Crippen molar-refractivity contribution in [3.63, 3.8) is 0 Å². The molecule has 0 radical (unpaired) electrons. The van der Waals surface area contributed by atoms with E-state index in [-0.39, 0.29) is 0 Å². The number of ether oxygens (including phenoxy) is 1. The summed E-state index contributed by atoms with van der Waals surface area (Å²) in [4.78, 5) is 9.33. The summed E-state index contributed by atoms with van der Waals surface area (Å²) in [6.07, 6.45) is 3.61. The minimum Gasteiger partial charge on any atom is -0.495 e. The third kappa shape index (κ3) is 3.94. The molecule has 0 amide bonds. The second kappa shape index (κ2) is 7.77. The van der Waals surface area contributed by atoms with Gasteiger partial charge in [0.2, 0.25) is 0 Å². The van der Waals surface area contributed by atoms with Crippen LogP contribution in [0.3, 0.4) is 0 Å². The molecule has 3 rings (SSSR count). The Bertz CT molecular complexity index is 566. The molecule has 2 aliphatic heterocycles. The number of anilines is 1. The Morgan fingerprint density at radius 3 is 2.71 bits per heavy atom. The monoisotopic (exact) mass is 330 g/mol. The zero-order valence-electron chi connectivity index (χ0n) is 14.9. The Labute approximate surface area is 145 Å². The van der Waals surface area contributed by atoms with Gasteiger partial charge in [-0.05, 0) is 43.2 Å². The summed E-state index contributed by atoms with van der Waals surface area (Å²) < 4.78 is 5.48. The lowest BCUT2D eigenvalue weighted by molar-refractivity contribution is 0.277. The summed E-state index contributed by atoms with van der Waals surface area (Å²) in [5.41, 5.74) is 7.39. The number of methoxy groups -OCH3 is 1. The molecule has 5 nitrogen and oxygen atoms in total. The molecule has 0 aliphatic carbocycles. The van der Waals surface area contributed by atoms with Gasteiger partial charge in [-0.15, -0.1) is 0 Å². The number of hydrogen-bond acceptors (Lipinski definition) is 3. The molecule has 1 atom stereocenters. The number of hydrogen-bond donors (Lipinski definition) is 1. The normalized spacial score (nSPS) is 22.9. The van der Waals surface area contributed by atoms with Gasteiger partial charge < -0.3 is 20.3 Å². The summed E-state index contributed by atoms with van der Waals surface area (Å²) in [5, 5.41) is 0. The zero-order chi connectivity index (χ0) is 16.9. The van der Waals surface area contributed by atoms with Crippen molar-refractivity contribution in [1.29, 1.82) is 0 Å². The summed E-state index contributed by atoms with van der Waals surface area (Å²) >= 11 is 0. The highest BCUT2D eigenvalue weighted by atomic mass is 16.5. The number of para-hydroxylation sites is 2. The molecule has 1 aromatic carbocycles. The van der Waals surface area contributed by atoms with Crippen LogP contribution in [0.1, 0.15) is 26.2 Å². The molecule has 2 fully saturated rings. The Morgan fingerprint density at radius 1 is 1.21 bits per heavy atom. The third-order valence-corrected chi connectivity index (χ3v) is 5.33. The SMILES string of the molecule is COc1ccccc1N1CCC(CN=C(N)N2CCC(C)CC2)C1. The van der Waals surface area contributed by atoms with E-state index in [1.54, 1.807) is 7.11 Å². The molecule has 0 spiro atoms. The predicted molar refractivity (Wildman–Crippen MR) is 99.8 cm³/mol. The molecule has 132 valence electrons. The Kier molecular flexibility index (Phi) is 5.48. The smallest absolute Gasteiger partial charge is 0.191 e. The van der Waals surface area contributed by atoms with Crippen molar-refractivity contribution in [2.45, 2.75) is 26.2 Å². The van der Waals surface area contributed by atoms with Crippen LogP contribution in [0.4, 0.5) is 5.69 Å². The molecule has 1 aromatic rings. The van der Waals surface area contributed by atoms with Crippen LogP contribution in [0.25, 0.3) is 0 Å². The van der Waals surface area contributed by atoms with E-state index in [0.717, 1.165) is 56.8 Å². The first-order valence-corrected chi connectivity index (χ1v) is 9.10. The van der Waals surface area contributed by atoms with Crippen molar-refractivity contribution in [3.8, 4) is 5.75 Å². The van der Waals surface area contributed by atoms with E-state index < -0.39 is 0 Å². The van der Waals surface area contributed by atoms with Gasteiger partial charge in [-0.1, -0.05) is 19.1 Å². The van der Waals surface area contributed by atoms with Crippen molar-refractivity contribution >= 4 is 11.6 Å². The van der Waals surface area contributed by atoms with Crippen molar-refractivity contribution in [1.82, 2.24) is 4.90 Å². The molecule has 2 saturated heterocycles. The highest BCUT2D eigenvalue weighted by Gasteiger charge is 2.25. The van der Waals surface area contributed by atoms with Gasteiger partial charge in [-0.3, -0.25) is 4.99 Å². The molecule has 1 unspecified atom stereocenters. The number of piperidine rings is 1. The minimum atomic E-state index is 0.567. The van der Waals surface area contributed by atoms with Gasteiger partial charge in [0.1, 0.15) is 5.75 Å². The largest absolute Gasteiger partial charge is 0.495 e. The van der Waals surface area contributed by atoms with Crippen molar-refractivity contribution in [2.24, 2.45) is 22.6 Å². The van der Waals surface area contributed by atoms with Crippen LogP contribution < -0.4 is 15.4 Å². The van der Waals surface area contributed by atoms with Crippen LogP contribution >= 0.6 is 0 Å². The molecule has 0 aromatic heterocycles. The van der Waals surface area contributed by atoms with Crippen molar-refractivity contribution in [3.05, 3.63) is 24.3 Å². The molecule has 2 heterocycles. The highest BCUT2D eigenvalue weighted by molar-refractivity contribution is 5.78. The molecule has 2 aliphatic rings. The lowest BCUT2D eigenvalue weighted by Gasteiger charge is -2.31. The highest BCUT2D eigenvalue weighted by Crippen LogP contribution is 2.32. The molecule has 2 N–H and O–H groups in total.